The van der Waals surface area contributed by atoms with Crippen LogP contribution in [0.5, 0.6) is 0 Å². The Morgan fingerprint density at radius 2 is 1.13 bits per heavy atom. The summed E-state index contributed by atoms with van der Waals surface area (Å²) in [6, 6.07) is 17.1. The zero-order valence-electron chi connectivity index (χ0n) is 16.7. The molecule has 0 aliphatic carbocycles. The monoisotopic (exact) mass is 410 g/mol. The predicted molar refractivity (Wildman–Crippen MR) is 108 cm³/mol. The predicted octanol–water partition coefficient (Wildman–Crippen LogP) is 2.34. The van der Waals surface area contributed by atoms with Gasteiger partial charge in [-0.3, -0.25) is 19.2 Å². The molecular weight excluding hydrogens is 388 g/mol. The normalized spacial score (nSPS) is 14.4. The van der Waals surface area contributed by atoms with Crippen LogP contribution >= 0.6 is 0 Å². The van der Waals surface area contributed by atoms with Gasteiger partial charge in [-0.25, -0.2) is 10.0 Å². The topological polar surface area (TPSA) is 93.2 Å². The van der Waals surface area contributed by atoms with Crippen LogP contribution < -0.4 is 10.0 Å². The van der Waals surface area contributed by atoms with Crippen molar-refractivity contribution in [3.8, 4) is 0 Å². The summed E-state index contributed by atoms with van der Waals surface area (Å²) in [5, 5.41) is 2.35. The van der Waals surface area contributed by atoms with Crippen LogP contribution in [0.25, 0.3) is 0 Å². The number of para-hydroxylation sites is 2. The zero-order chi connectivity index (χ0) is 21.7. The summed E-state index contributed by atoms with van der Waals surface area (Å²) in [4.78, 5) is 51.9. The van der Waals surface area contributed by atoms with Crippen molar-refractivity contribution in [2.75, 3.05) is 23.2 Å². The van der Waals surface area contributed by atoms with Gasteiger partial charge in [0.05, 0.1) is 24.6 Å². The van der Waals surface area contributed by atoms with E-state index in [4.69, 9.17) is 9.47 Å². The van der Waals surface area contributed by atoms with E-state index < -0.39 is 35.6 Å². The molecule has 0 unspecified atom stereocenters. The first-order valence-electron chi connectivity index (χ1n) is 9.62. The van der Waals surface area contributed by atoms with Crippen LogP contribution in [0.3, 0.4) is 0 Å². The molecule has 2 aromatic rings. The summed E-state index contributed by atoms with van der Waals surface area (Å²) >= 11 is 0. The molecule has 0 aromatic heterocycles. The summed E-state index contributed by atoms with van der Waals surface area (Å²) in [5.41, 5.74) is 0.849. The highest BCUT2D eigenvalue weighted by Crippen LogP contribution is 2.35. The van der Waals surface area contributed by atoms with Crippen molar-refractivity contribution in [2.45, 2.75) is 13.8 Å². The Hall–Kier alpha value is -3.68. The van der Waals surface area contributed by atoms with Gasteiger partial charge in [-0.1, -0.05) is 36.4 Å². The van der Waals surface area contributed by atoms with E-state index in [9.17, 15) is 19.2 Å². The molecule has 8 nitrogen and oxygen atoms in total. The van der Waals surface area contributed by atoms with Gasteiger partial charge in [0.25, 0.3) is 11.8 Å². The lowest BCUT2D eigenvalue weighted by Crippen LogP contribution is -2.41. The lowest BCUT2D eigenvalue weighted by Gasteiger charge is -2.27. The molecule has 0 atom stereocenters. The van der Waals surface area contributed by atoms with E-state index in [2.05, 4.69) is 0 Å². The lowest BCUT2D eigenvalue weighted by atomic mass is 9.91. The second-order valence-electron chi connectivity index (χ2n) is 6.43. The number of carbonyl (C=O) groups is 4. The Kier molecular flexibility index (Phi) is 6.46. The molecule has 1 saturated heterocycles. The number of benzene rings is 2. The number of carbonyl (C=O) groups excluding carboxylic acids is 4. The number of ether oxygens (including phenoxy) is 2. The van der Waals surface area contributed by atoms with E-state index >= 15 is 0 Å². The summed E-state index contributed by atoms with van der Waals surface area (Å²) in [5.74, 6) is -6.63. The minimum atomic E-state index is -1.69. The van der Waals surface area contributed by atoms with Crippen LogP contribution in [0.15, 0.2) is 60.7 Å². The van der Waals surface area contributed by atoms with E-state index in [-0.39, 0.29) is 13.2 Å². The summed E-state index contributed by atoms with van der Waals surface area (Å²) in [7, 11) is 0. The fourth-order valence-electron chi connectivity index (χ4n) is 3.31. The van der Waals surface area contributed by atoms with E-state index in [1.54, 1.807) is 74.5 Å². The summed E-state index contributed by atoms with van der Waals surface area (Å²) < 4.78 is 9.96. The van der Waals surface area contributed by atoms with E-state index in [0.717, 1.165) is 0 Å². The zero-order valence-corrected chi connectivity index (χ0v) is 16.7. The van der Waals surface area contributed by atoms with Crippen molar-refractivity contribution in [3.05, 3.63) is 60.7 Å². The second-order valence-corrected chi connectivity index (χ2v) is 6.43. The molecule has 1 fully saturated rings. The molecule has 2 amide bonds. The van der Waals surface area contributed by atoms with Crippen molar-refractivity contribution in [1.82, 2.24) is 0 Å². The molecule has 0 radical (unpaired) electrons. The minimum Gasteiger partial charge on any atom is -0.465 e. The molecule has 1 aliphatic heterocycles. The fraction of sp³-hybridized carbons (Fsp3) is 0.273. The van der Waals surface area contributed by atoms with Gasteiger partial charge in [0.15, 0.2) is 5.92 Å². The molecule has 30 heavy (non-hydrogen) atoms. The molecule has 0 bridgehead atoms. The van der Waals surface area contributed by atoms with Crippen molar-refractivity contribution >= 4 is 35.1 Å². The third-order valence-electron chi connectivity index (χ3n) is 4.57. The Morgan fingerprint density at radius 3 is 1.47 bits per heavy atom. The van der Waals surface area contributed by atoms with Crippen LogP contribution in [-0.4, -0.2) is 37.0 Å². The average molecular weight is 410 g/mol. The SMILES string of the molecule is CCOC(=O)C(C(=O)OCC)C1C(=O)N(c2ccccc2)N(c2ccccc2)C1=O. The van der Waals surface area contributed by atoms with Crippen molar-refractivity contribution < 1.29 is 28.7 Å². The molecule has 0 spiro atoms. The maximum absolute atomic E-state index is 13.4. The van der Waals surface area contributed by atoms with E-state index in [1.807, 2.05) is 0 Å². The molecular formula is C22H22N2O6. The maximum atomic E-state index is 13.4. The third kappa shape index (κ3) is 3.89. The number of anilines is 2. The van der Waals surface area contributed by atoms with Crippen molar-refractivity contribution in [3.63, 3.8) is 0 Å². The summed E-state index contributed by atoms with van der Waals surface area (Å²) in [6.45, 7) is 3.14. The number of amides is 2. The van der Waals surface area contributed by atoms with Gasteiger partial charge in [0.1, 0.15) is 5.92 Å². The van der Waals surface area contributed by atoms with Gasteiger partial charge in [-0.2, -0.15) is 0 Å². The van der Waals surface area contributed by atoms with Crippen LogP contribution in [0.4, 0.5) is 11.4 Å². The Balaban J connectivity index is 2.11. The first-order valence-corrected chi connectivity index (χ1v) is 9.62. The Bertz CT molecular complexity index is 856. The number of nitrogens with zero attached hydrogens (tertiary/aromatic N) is 2. The van der Waals surface area contributed by atoms with Gasteiger partial charge in [-0.05, 0) is 38.1 Å². The number of hydrogen-bond donors (Lipinski definition) is 0. The highest BCUT2D eigenvalue weighted by molar-refractivity contribution is 6.26. The summed E-state index contributed by atoms with van der Waals surface area (Å²) in [6.07, 6.45) is 0. The van der Waals surface area contributed by atoms with Gasteiger partial charge < -0.3 is 9.47 Å². The molecule has 156 valence electrons. The highest BCUT2D eigenvalue weighted by atomic mass is 16.6. The molecule has 8 heteroatoms. The maximum Gasteiger partial charge on any atom is 0.321 e. The number of esters is 2. The number of hydrogen-bond acceptors (Lipinski definition) is 6. The van der Waals surface area contributed by atoms with Crippen LogP contribution in [0, 0.1) is 11.8 Å². The molecule has 1 aliphatic rings. The smallest absolute Gasteiger partial charge is 0.321 e. The van der Waals surface area contributed by atoms with Crippen molar-refractivity contribution in [1.29, 1.82) is 0 Å². The Labute approximate surface area is 173 Å². The van der Waals surface area contributed by atoms with Crippen molar-refractivity contribution in [2.24, 2.45) is 11.8 Å². The average Bonchev–Trinajstić information content (AvgIpc) is 3.01. The van der Waals surface area contributed by atoms with Crippen LogP contribution in [0.1, 0.15) is 13.8 Å². The highest BCUT2D eigenvalue weighted by Gasteiger charge is 2.56. The van der Waals surface area contributed by atoms with Gasteiger partial charge in [0.2, 0.25) is 0 Å². The first-order chi connectivity index (χ1) is 14.5. The fourth-order valence-corrected chi connectivity index (χ4v) is 3.31. The van der Waals surface area contributed by atoms with Gasteiger partial charge in [-0.15, -0.1) is 0 Å². The van der Waals surface area contributed by atoms with Crippen LogP contribution in [-0.2, 0) is 28.7 Å². The minimum absolute atomic E-state index is 0.00532. The molecule has 2 aromatic carbocycles. The quantitative estimate of drug-likeness (QED) is 0.514. The molecule has 3 rings (SSSR count). The lowest BCUT2D eigenvalue weighted by molar-refractivity contribution is -0.167. The number of hydrazine groups is 1. The standard InChI is InChI=1S/C22H22N2O6/c1-3-29-21(27)18(22(28)30-4-2)17-19(25)23(15-11-7-5-8-12-15)24(20(17)26)16-13-9-6-10-14-16/h5-14,17-18H,3-4H2,1-2H3. The van der Waals surface area contributed by atoms with Gasteiger partial charge in [0, 0.05) is 0 Å². The molecule has 0 saturated carbocycles. The van der Waals surface area contributed by atoms with Crippen LogP contribution in [0.2, 0.25) is 0 Å². The largest absolute Gasteiger partial charge is 0.465 e. The molecule has 1 heterocycles. The second kappa shape index (κ2) is 9.21. The first kappa shape index (κ1) is 21.0. The molecule has 0 N–H and O–H groups in total. The number of rotatable bonds is 7. The van der Waals surface area contributed by atoms with Gasteiger partial charge >= 0.3 is 11.9 Å². The third-order valence-corrected chi connectivity index (χ3v) is 4.57. The van der Waals surface area contributed by atoms with E-state index in [0.29, 0.717) is 11.4 Å². The van der Waals surface area contributed by atoms with E-state index in [1.165, 1.54) is 10.0 Å². The Morgan fingerprint density at radius 1 is 0.767 bits per heavy atom.